The van der Waals surface area contributed by atoms with Crippen molar-refractivity contribution in [1.82, 2.24) is 5.32 Å². The Balaban J connectivity index is 3.61. The van der Waals surface area contributed by atoms with Gasteiger partial charge in [-0.3, -0.25) is 4.79 Å². The molecule has 0 saturated carbocycles. The molecule has 0 heterocycles. The maximum atomic E-state index is 12.6. The molecule has 6 heteroatoms. The number of nitrogens with one attached hydrogen (secondary N) is 1. The lowest BCUT2D eigenvalue weighted by molar-refractivity contribution is -0.132. The van der Waals surface area contributed by atoms with Crippen LogP contribution in [-0.4, -0.2) is 57.3 Å². The summed E-state index contributed by atoms with van der Waals surface area (Å²) in [5.41, 5.74) is 0. The van der Waals surface area contributed by atoms with Crippen molar-refractivity contribution in [2.24, 2.45) is 0 Å². The van der Waals surface area contributed by atoms with Crippen molar-refractivity contribution in [3.05, 3.63) is 48.6 Å². The molecular formula is C62H117NO5. The smallest absolute Gasteiger partial charge is 0.249 e. The summed E-state index contributed by atoms with van der Waals surface area (Å²) in [6, 6.07) is -1.01. The normalized spacial score (nSPS) is 14.0. The zero-order valence-electron chi connectivity index (χ0n) is 45.4. The second-order valence-corrected chi connectivity index (χ2v) is 20.7. The van der Waals surface area contributed by atoms with Gasteiger partial charge in [-0.05, 0) is 83.5 Å². The summed E-state index contributed by atoms with van der Waals surface area (Å²) in [5, 5.41) is 43.9. The van der Waals surface area contributed by atoms with Gasteiger partial charge in [-0.25, -0.2) is 0 Å². The maximum absolute atomic E-state index is 12.6. The molecule has 68 heavy (non-hydrogen) atoms. The molecule has 0 aliphatic carbocycles. The zero-order chi connectivity index (χ0) is 49.5. The van der Waals surface area contributed by atoms with Gasteiger partial charge in [0.1, 0.15) is 12.2 Å². The number of amides is 1. The van der Waals surface area contributed by atoms with Crippen LogP contribution in [0.25, 0.3) is 0 Å². The summed E-state index contributed by atoms with van der Waals surface area (Å²) in [7, 11) is 0. The molecule has 4 unspecified atom stereocenters. The third-order valence-electron chi connectivity index (χ3n) is 14.0. The second-order valence-electron chi connectivity index (χ2n) is 20.7. The summed E-state index contributed by atoms with van der Waals surface area (Å²) in [5.74, 6) is -0.595. The molecule has 0 aliphatic heterocycles. The average Bonchev–Trinajstić information content (AvgIpc) is 3.34. The van der Waals surface area contributed by atoms with Crippen LogP contribution >= 0.6 is 0 Å². The summed E-state index contributed by atoms with van der Waals surface area (Å²) in [4.78, 5) is 12.6. The van der Waals surface area contributed by atoms with Crippen LogP contribution in [0, 0.1) is 0 Å². The van der Waals surface area contributed by atoms with E-state index in [9.17, 15) is 25.2 Å². The van der Waals surface area contributed by atoms with E-state index in [1.54, 1.807) is 0 Å². The van der Waals surface area contributed by atoms with E-state index in [0.717, 1.165) is 44.9 Å². The van der Waals surface area contributed by atoms with Gasteiger partial charge in [-0.1, -0.05) is 274 Å². The molecule has 6 nitrogen and oxygen atoms in total. The Bertz CT molecular complexity index is 1120. The molecule has 0 aliphatic rings. The summed E-state index contributed by atoms with van der Waals surface area (Å²) in [6.45, 7) is 4.06. The van der Waals surface area contributed by atoms with Crippen LogP contribution in [0.2, 0.25) is 0 Å². The lowest BCUT2D eigenvalue weighted by atomic mass is 10.00. The predicted molar refractivity (Wildman–Crippen MR) is 297 cm³/mol. The van der Waals surface area contributed by atoms with Gasteiger partial charge < -0.3 is 25.7 Å². The van der Waals surface area contributed by atoms with Crippen molar-refractivity contribution < 1.29 is 25.2 Å². The fraction of sp³-hybridized carbons (Fsp3) is 0.855. The van der Waals surface area contributed by atoms with E-state index in [0.29, 0.717) is 19.3 Å². The highest BCUT2D eigenvalue weighted by Gasteiger charge is 2.28. The molecular weight excluding hydrogens is 839 g/mol. The summed E-state index contributed by atoms with van der Waals surface area (Å²) >= 11 is 0. The molecule has 0 saturated heterocycles. The predicted octanol–water partition coefficient (Wildman–Crippen LogP) is 17.8. The first-order valence-electron chi connectivity index (χ1n) is 30.0. The van der Waals surface area contributed by atoms with Gasteiger partial charge in [0, 0.05) is 0 Å². The van der Waals surface area contributed by atoms with Crippen molar-refractivity contribution >= 4 is 5.91 Å². The summed E-state index contributed by atoms with van der Waals surface area (Å²) < 4.78 is 0. The monoisotopic (exact) mass is 956 g/mol. The number of rotatable bonds is 55. The molecule has 0 aromatic heterocycles. The van der Waals surface area contributed by atoms with Crippen molar-refractivity contribution in [3.63, 3.8) is 0 Å². The number of allylic oxidation sites excluding steroid dienone is 8. The third kappa shape index (κ3) is 49.3. The number of hydrogen-bond donors (Lipinski definition) is 5. The van der Waals surface area contributed by atoms with Crippen molar-refractivity contribution in [3.8, 4) is 0 Å². The first-order valence-corrected chi connectivity index (χ1v) is 30.0. The van der Waals surface area contributed by atoms with Gasteiger partial charge in [0.2, 0.25) is 5.91 Å². The van der Waals surface area contributed by atoms with E-state index in [1.807, 2.05) is 0 Å². The highest BCUT2D eigenvalue weighted by Crippen LogP contribution is 2.17. The number of carbonyl (C=O) groups is 1. The minimum atomic E-state index is -1.29. The molecule has 4 atom stereocenters. The van der Waals surface area contributed by atoms with E-state index >= 15 is 0 Å². The van der Waals surface area contributed by atoms with E-state index in [1.165, 1.54) is 231 Å². The van der Waals surface area contributed by atoms with Crippen LogP contribution < -0.4 is 5.32 Å². The molecule has 0 aromatic rings. The van der Waals surface area contributed by atoms with Crippen molar-refractivity contribution in [1.29, 1.82) is 0 Å². The molecule has 5 N–H and O–H groups in total. The summed E-state index contributed by atoms with van der Waals surface area (Å²) in [6.07, 6.45) is 72.0. The van der Waals surface area contributed by atoms with E-state index in [-0.39, 0.29) is 0 Å². The molecule has 0 radical (unpaired) electrons. The lowest BCUT2D eigenvalue weighted by Gasteiger charge is -2.27. The van der Waals surface area contributed by atoms with Crippen LogP contribution in [0.4, 0.5) is 0 Å². The SMILES string of the molecule is CCCCCCCCCCC/C=C/CC/C=C/CCCC(O)C(O)C(CO)NC(=O)C(O)CCCCCCCCCCCCCCCCCC/C=C\C/C=C\CCCCCCCCCCCCC. The highest BCUT2D eigenvalue weighted by atomic mass is 16.3. The van der Waals surface area contributed by atoms with Gasteiger partial charge in [0.15, 0.2) is 0 Å². The van der Waals surface area contributed by atoms with E-state index in [2.05, 4.69) is 67.8 Å². The highest BCUT2D eigenvalue weighted by molar-refractivity contribution is 5.80. The first kappa shape index (κ1) is 66.3. The maximum Gasteiger partial charge on any atom is 0.249 e. The van der Waals surface area contributed by atoms with Gasteiger partial charge in [0.25, 0.3) is 0 Å². The largest absolute Gasteiger partial charge is 0.394 e. The third-order valence-corrected chi connectivity index (χ3v) is 14.0. The van der Waals surface area contributed by atoms with Gasteiger partial charge in [-0.15, -0.1) is 0 Å². The van der Waals surface area contributed by atoms with Crippen LogP contribution in [0.3, 0.4) is 0 Å². The lowest BCUT2D eigenvalue weighted by Crippen LogP contribution is -2.53. The molecule has 0 spiro atoms. The number of carbonyl (C=O) groups excluding carboxylic acids is 1. The number of aliphatic hydroxyl groups is 4. The minimum absolute atomic E-state index is 0.360. The fourth-order valence-electron chi connectivity index (χ4n) is 9.28. The topological polar surface area (TPSA) is 110 Å². The quantitative estimate of drug-likeness (QED) is 0.0308. The Hall–Kier alpha value is -1.73. The van der Waals surface area contributed by atoms with Crippen molar-refractivity contribution in [2.75, 3.05) is 6.61 Å². The Morgan fingerprint density at radius 1 is 0.368 bits per heavy atom. The molecule has 0 aromatic carbocycles. The number of aliphatic hydroxyl groups excluding tert-OH is 4. The van der Waals surface area contributed by atoms with Gasteiger partial charge in [-0.2, -0.15) is 0 Å². The first-order chi connectivity index (χ1) is 33.5. The average molecular weight is 957 g/mol. The Kier molecular flexibility index (Phi) is 54.8. The van der Waals surface area contributed by atoms with Gasteiger partial charge >= 0.3 is 0 Å². The fourth-order valence-corrected chi connectivity index (χ4v) is 9.28. The van der Waals surface area contributed by atoms with Crippen LogP contribution in [-0.2, 0) is 4.79 Å². The van der Waals surface area contributed by atoms with Crippen LogP contribution in [0.15, 0.2) is 48.6 Å². The Morgan fingerprint density at radius 3 is 1.01 bits per heavy atom. The Labute approximate surface area is 423 Å². The van der Waals surface area contributed by atoms with Crippen LogP contribution in [0.5, 0.6) is 0 Å². The zero-order valence-corrected chi connectivity index (χ0v) is 45.4. The Morgan fingerprint density at radius 2 is 0.662 bits per heavy atom. The van der Waals surface area contributed by atoms with Gasteiger partial charge in [0.05, 0.1) is 18.8 Å². The number of hydrogen-bond acceptors (Lipinski definition) is 5. The molecule has 400 valence electrons. The standard InChI is InChI=1S/C62H117NO5/c1-3-5-7-9-11-13-15-17-19-21-23-24-25-26-27-28-29-30-31-32-33-34-35-36-37-38-40-42-44-46-48-50-52-54-56-60(66)62(68)63-58(57-64)61(67)59(65)55-53-51-49-47-45-43-41-39-22-20-18-16-14-12-10-8-6-4-2/h25-26,28-29,39,41,47,49,58-61,64-67H,3-24,27,30-38,40,42-46,48,50-57H2,1-2H3,(H,63,68)/b26-25-,29-28-,41-39+,49-47+. The molecule has 0 fully saturated rings. The van der Waals surface area contributed by atoms with E-state index < -0.39 is 36.9 Å². The molecule has 0 rings (SSSR count). The molecule has 0 bridgehead atoms. The molecule has 1 amide bonds. The van der Waals surface area contributed by atoms with E-state index in [4.69, 9.17) is 0 Å². The number of unbranched alkanes of at least 4 members (excludes halogenated alkanes) is 38. The minimum Gasteiger partial charge on any atom is -0.394 e. The van der Waals surface area contributed by atoms with Crippen molar-refractivity contribution in [2.45, 2.75) is 334 Å². The second kappa shape index (κ2) is 56.2. The van der Waals surface area contributed by atoms with Crippen LogP contribution in [0.1, 0.15) is 309 Å².